The van der Waals surface area contributed by atoms with Crippen molar-refractivity contribution in [1.29, 1.82) is 0 Å². The van der Waals surface area contributed by atoms with E-state index in [9.17, 15) is 4.79 Å². The predicted molar refractivity (Wildman–Crippen MR) is 83.5 cm³/mol. The van der Waals surface area contributed by atoms with Gasteiger partial charge in [-0.15, -0.1) is 0 Å². The molecule has 1 aromatic heterocycles. The van der Waals surface area contributed by atoms with Crippen LogP contribution in [-0.4, -0.2) is 70.9 Å². The largest absolute Gasteiger partial charge is 0.377 e. The molecule has 122 valence electrons. The Kier molecular flexibility index (Phi) is 5.10. The van der Waals surface area contributed by atoms with E-state index in [1.54, 1.807) is 10.9 Å². The number of rotatable bonds is 4. The highest BCUT2D eigenvalue weighted by molar-refractivity contribution is 5.80. The van der Waals surface area contributed by atoms with Crippen LogP contribution in [0.2, 0.25) is 0 Å². The Balaban J connectivity index is 1.52. The summed E-state index contributed by atoms with van der Waals surface area (Å²) in [6.45, 7) is 7.48. The van der Waals surface area contributed by atoms with Crippen LogP contribution < -0.4 is 0 Å². The highest BCUT2D eigenvalue weighted by atomic mass is 16.5. The van der Waals surface area contributed by atoms with Gasteiger partial charge in [0.25, 0.3) is 0 Å². The summed E-state index contributed by atoms with van der Waals surface area (Å²) >= 11 is 0. The molecule has 2 aliphatic heterocycles. The van der Waals surface area contributed by atoms with E-state index >= 15 is 0 Å². The van der Waals surface area contributed by atoms with Crippen LogP contribution in [0.25, 0.3) is 0 Å². The third kappa shape index (κ3) is 3.67. The van der Waals surface area contributed by atoms with Gasteiger partial charge in [0.05, 0.1) is 6.10 Å². The number of ether oxygens (including phenoxy) is 1. The Morgan fingerprint density at radius 1 is 1.32 bits per heavy atom. The maximum atomic E-state index is 12.6. The fraction of sp³-hybridized carbons (Fsp3) is 0.750. The van der Waals surface area contributed by atoms with Gasteiger partial charge in [0.15, 0.2) is 0 Å². The molecular formula is C16H26N4O2. The van der Waals surface area contributed by atoms with E-state index in [2.05, 4.69) is 10.00 Å². The first-order valence-corrected chi connectivity index (χ1v) is 8.36. The van der Waals surface area contributed by atoms with Crippen LogP contribution in [-0.2, 0) is 9.53 Å². The lowest BCUT2D eigenvalue weighted by atomic mass is 10.2. The maximum absolute atomic E-state index is 12.6. The van der Waals surface area contributed by atoms with Crippen molar-refractivity contribution in [2.24, 2.45) is 0 Å². The van der Waals surface area contributed by atoms with Crippen LogP contribution in [0.3, 0.4) is 0 Å². The number of hydrogen-bond donors (Lipinski definition) is 0. The smallest absolute Gasteiger partial charge is 0.247 e. The zero-order chi connectivity index (χ0) is 15.4. The lowest BCUT2D eigenvalue weighted by Crippen LogP contribution is -2.40. The summed E-state index contributed by atoms with van der Waals surface area (Å²) in [5.74, 6) is 0.169. The number of aromatic nitrogens is 2. The van der Waals surface area contributed by atoms with Crippen molar-refractivity contribution < 1.29 is 9.53 Å². The second kappa shape index (κ2) is 7.24. The highest BCUT2D eigenvalue weighted by Crippen LogP contribution is 2.16. The summed E-state index contributed by atoms with van der Waals surface area (Å²) < 4.78 is 7.46. The maximum Gasteiger partial charge on any atom is 0.247 e. The summed E-state index contributed by atoms with van der Waals surface area (Å²) in [5, 5.41) is 4.18. The van der Waals surface area contributed by atoms with Crippen molar-refractivity contribution in [3.05, 3.63) is 18.5 Å². The molecule has 0 aliphatic carbocycles. The van der Waals surface area contributed by atoms with E-state index in [0.717, 1.165) is 45.8 Å². The van der Waals surface area contributed by atoms with Gasteiger partial charge in [-0.1, -0.05) is 0 Å². The Morgan fingerprint density at radius 3 is 2.95 bits per heavy atom. The number of nitrogens with zero attached hydrogens (tertiary/aromatic N) is 4. The first-order valence-electron chi connectivity index (χ1n) is 8.36. The average molecular weight is 306 g/mol. The van der Waals surface area contributed by atoms with Gasteiger partial charge in [0.1, 0.15) is 6.04 Å². The van der Waals surface area contributed by atoms with Crippen LogP contribution in [0.15, 0.2) is 18.5 Å². The molecule has 2 saturated heterocycles. The second-order valence-corrected chi connectivity index (χ2v) is 6.28. The van der Waals surface area contributed by atoms with Crippen molar-refractivity contribution in [3.8, 4) is 0 Å². The van der Waals surface area contributed by atoms with Gasteiger partial charge in [-0.25, -0.2) is 0 Å². The summed E-state index contributed by atoms with van der Waals surface area (Å²) in [4.78, 5) is 17.1. The fourth-order valence-electron chi connectivity index (χ4n) is 3.34. The number of carbonyl (C=O) groups is 1. The summed E-state index contributed by atoms with van der Waals surface area (Å²) in [6, 6.07) is 1.63. The van der Waals surface area contributed by atoms with Gasteiger partial charge in [0, 0.05) is 45.2 Å². The van der Waals surface area contributed by atoms with Gasteiger partial charge < -0.3 is 9.64 Å². The minimum atomic E-state index is -0.222. The molecule has 0 bridgehead atoms. The SMILES string of the molecule is C[C@H](C(=O)N1CCCN(C[C@H]2CCCO2)CC1)n1cccn1. The quantitative estimate of drug-likeness (QED) is 0.837. The molecule has 1 amide bonds. The van der Waals surface area contributed by atoms with E-state index in [0.29, 0.717) is 6.10 Å². The first kappa shape index (κ1) is 15.5. The summed E-state index contributed by atoms with van der Waals surface area (Å²) in [6.07, 6.45) is 7.36. The van der Waals surface area contributed by atoms with Gasteiger partial charge in [0.2, 0.25) is 5.91 Å². The van der Waals surface area contributed by atoms with E-state index in [1.165, 1.54) is 12.8 Å². The summed E-state index contributed by atoms with van der Waals surface area (Å²) in [7, 11) is 0. The number of carbonyl (C=O) groups excluding carboxylic acids is 1. The molecular weight excluding hydrogens is 280 g/mol. The van der Waals surface area contributed by atoms with Crippen LogP contribution in [0.4, 0.5) is 0 Å². The monoisotopic (exact) mass is 306 g/mol. The Labute approximate surface area is 132 Å². The predicted octanol–water partition coefficient (Wildman–Crippen LogP) is 1.16. The molecule has 6 nitrogen and oxygen atoms in total. The van der Waals surface area contributed by atoms with Crippen LogP contribution in [0.5, 0.6) is 0 Å². The molecule has 2 atom stereocenters. The lowest BCUT2D eigenvalue weighted by molar-refractivity contribution is -0.134. The van der Waals surface area contributed by atoms with E-state index in [-0.39, 0.29) is 11.9 Å². The van der Waals surface area contributed by atoms with Gasteiger partial charge in [-0.2, -0.15) is 5.10 Å². The molecule has 6 heteroatoms. The standard InChI is InChI=1S/C16H26N4O2/c1-14(20-9-3-6-17-20)16(21)19-8-4-7-18(10-11-19)13-15-5-2-12-22-15/h3,6,9,14-15H,2,4-5,7-8,10-13H2,1H3/t14-,15-/m1/s1. The first-order chi connectivity index (χ1) is 10.7. The minimum absolute atomic E-state index is 0.169. The third-order valence-corrected chi connectivity index (χ3v) is 4.67. The van der Waals surface area contributed by atoms with Crippen LogP contribution in [0, 0.1) is 0 Å². The summed E-state index contributed by atoms with van der Waals surface area (Å²) in [5.41, 5.74) is 0. The molecule has 0 unspecified atom stereocenters. The minimum Gasteiger partial charge on any atom is -0.377 e. The normalized spacial score (nSPS) is 25.1. The molecule has 0 saturated carbocycles. The lowest BCUT2D eigenvalue weighted by Gasteiger charge is -2.25. The van der Waals surface area contributed by atoms with Crippen molar-refractivity contribution in [2.45, 2.75) is 38.3 Å². The van der Waals surface area contributed by atoms with Gasteiger partial charge in [-0.3, -0.25) is 14.4 Å². The Bertz CT molecular complexity index is 471. The van der Waals surface area contributed by atoms with E-state index in [1.807, 2.05) is 24.1 Å². The molecule has 0 aromatic carbocycles. The zero-order valence-corrected chi connectivity index (χ0v) is 13.4. The van der Waals surface area contributed by atoms with Gasteiger partial charge in [-0.05, 0) is 38.8 Å². The van der Waals surface area contributed by atoms with Gasteiger partial charge >= 0.3 is 0 Å². The molecule has 3 rings (SSSR count). The van der Waals surface area contributed by atoms with Crippen LogP contribution in [0.1, 0.15) is 32.2 Å². The number of hydrogen-bond acceptors (Lipinski definition) is 4. The highest BCUT2D eigenvalue weighted by Gasteiger charge is 2.26. The Hall–Kier alpha value is -1.40. The van der Waals surface area contributed by atoms with Crippen molar-refractivity contribution in [1.82, 2.24) is 19.6 Å². The second-order valence-electron chi connectivity index (χ2n) is 6.28. The molecule has 0 spiro atoms. The molecule has 0 radical (unpaired) electrons. The van der Waals surface area contributed by atoms with Crippen molar-refractivity contribution in [3.63, 3.8) is 0 Å². The molecule has 1 aromatic rings. The van der Waals surface area contributed by atoms with E-state index < -0.39 is 0 Å². The number of amides is 1. The molecule has 3 heterocycles. The molecule has 22 heavy (non-hydrogen) atoms. The topological polar surface area (TPSA) is 50.6 Å². The zero-order valence-electron chi connectivity index (χ0n) is 13.4. The molecule has 2 aliphatic rings. The molecule has 2 fully saturated rings. The van der Waals surface area contributed by atoms with Crippen molar-refractivity contribution in [2.75, 3.05) is 39.3 Å². The fourth-order valence-corrected chi connectivity index (χ4v) is 3.34. The van der Waals surface area contributed by atoms with Crippen molar-refractivity contribution >= 4 is 5.91 Å². The average Bonchev–Trinajstić information content (AvgIpc) is 3.18. The van der Waals surface area contributed by atoms with Crippen LogP contribution >= 0.6 is 0 Å². The molecule has 0 N–H and O–H groups in total. The third-order valence-electron chi connectivity index (χ3n) is 4.67. The Morgan fingerprint density at radius 2 is 2.23 bits per heavy atom. The van der Waals surface area contributed by atoms with E-state index in [4.69, 9.17) is 4.74 Å².